The van der Waals surface area contributed by atoms with Crippen LogP contribution in [0.1, 0.15) is 18.9 Å². The van der Waals surface area contributed by atoms with Gasteiger partial charge in [0.15, 0.2) is 0 Å². The number of amides is 1. The lowest BCUT2D eigenvalue weighted by atomic mass is 10.3. The summed E-state index contributed by atoms with van der Waals surface area (Å²) in [4.78, 5) is 11.8. The minimum absolute atomic E-state index is 0.00394. The van der Waals surface area contributed by atoms with E-state index in [2.05, 4.69) is 15.5 Å². The Morgan fingerprint density at radius 3 is 3.00 bits per heavy atom. The molecule has 2 atom stereocenters. The van der Waals surface area contributed by atoms with E-state index in [4.69, 9.17) is 18.0 Å². The Labute approximate surface area is 92.4 Å². The summed E-state index contributed by atoms with van der Waals surface area (Å²) in [5, 5.41) is 9.19. The standard InChI is InChI=1S/C9H12N4OS/c1-4-2-5(4)9(14)12-8-6(7(10)15)3-11-13-8/h3-5H,2H2,1H3,(H2,10,15)(H2,11,12,13,14). The lowest BCUT2D eigenvalue weighted by Crippen LogP contribution is -2.18. The van der Waals surface area contributed by atoms with Crippen LogP contribution in [0.15, 0.2) is 6.20 Å². The number of aromatic nitrogens is 2. The minimum atomic E-state index is 0.00394. The van der Waals surface area contributed by atoms with Gasteiger partial charge in [-0.3, -0.25) is 9.89 Å². The quantitative estimate of drug-likeness (QED) is 0.658. The van der Waals surface area contributed by atoms with E-state index in [1.54, 1.807) is 0 Å². The molecular weight excluding hydrogens is 212 g/mol. The SMILES string of the molecule is CC1CC1C(=O)Nc1[nH]ncc1C(N)=S. The number of nitrogens with one attached hydrogen (secondary N) is 2. The number of nitrogens with two attached hydrogens (primary N) is 1. The second kappa shape index (κ2) is 3.62. The van der Waals surface area contributed by atoms with Crippen molar-refractivity contribution in [2.24, 2.45) is 17.6 Å². The molecular formula is C9H12N4OS. The Hall–Kier alpha value is -1.43. The van der Waals surface area contributed by atoms with Gasteiger partial charge >= 0.3 is 0 Å². The van der Waals surface area contributed by atoms with Gasteiger partial charge in [-0.05, 0) is 12.3 Å². The molecule has 1 heterocycles. The topological polar surface area (TPSA) is 83.8 Å². The molecule has 1 aliphatic rings. The molecule has 2 unspecified atom stereocenters. The maximum Gasteiger partial charge on any atom is 0.228 e. The first kappa shape index (κ1) is 10.1. The number of anilines is 1. The van der Waals surface area contributed by atoms with E-state index in [1.807, 2.05) is 6.92 Å². The van der Waals surface area contributed by atoms with E-state index in [-0.39, 0.29) is 16.8 Å². The Balaban J connectivity index is 2.07. The van der Waals surface area contributed by atoms with Gasteiger partial charge in [-0.1, -0.05) is 19.1 Å². The molecule has 0 bridgehead atoms. The van der Waals surface area contributed by atoms with Gasteiger partial charge in [-0.2, -0.15) is 5.10 Å². The van der Waals surface area contributed by atoms with Gasteiger partial charge in [0.05, 0.1) is 11.8 Å². The van der Waals surface area contributed by atoms with Crippen LogP contribution in [0.3, 0.4) is 0 Å². The maximum atomic E-state index is 11.6. The molecule has 15 heavy (non-hydrogen) atoms. The van der Waals surface area contributed by atoms with Gasteiger partial charge in [0.25, 0.3) is 0 Å². The van der Waals surface area contributed by atoms with Crippen LogP contribution in [-0.4, -0.2) is 21.1 Å². The summed E-state index contributed by atoms with van der Waals surface area (Å²) >= 11 is 4.83. The van der Waals surface area contributed by atoms with Gasteiger partial charge < -0.3 is 11.1 Å². The van der Waals surface area contributed by atoms with Crippen LogP contribution in [-0.2, 0) is 4.79 Å². The van der Waals surface area contributed by atoms with Gasteiger partial charge in [0, 0.05) is 5.92 Å². The molecule has 80 valence electrons. The fourth-order valence-electron chi connectivity index (χ4n) is 1.47. The third-order valence-corrected chi connectivity index (χ3v) is 2.82. The Bertz CT molecular complexity index is 414. The van der Waals surface area contributed by atoms with Gasteiger partial charge in [-0.25, -0.2) is 0 Å². The summed E-state index contributed by atoms with van der Waals surface area (Å²) in [6.07, 6.45) is 2.46. The van der Waals surface area contributed by atoms with Crippen LogP contribution in [0.4, 0.5) is 5.82 Å². The highest BCUT2D eigenvalue weighted by molar-refractivity contribution is 7.80. The van der Waals surface area contributed by atoms with E-state index in [0.717, 1.165) is 6.42 Å². The average Bonchev–Trinajstić information content (AvgIpc) is 2.73. The van der Waals surface area contributed by atoms with E-state index in [9.17, 15) is 4.79 Å². The summed E-state index contributed by atoms with van der Waals surface area (Å²) in [5.41, 5.74) is 6.05. The number of aromatic amines is 1. The average molecular weight is 224 g/mol. The van der Waals surface area contributed by atoms with Crippen molar-refractivity contribution < 1.29 is 4.79 Å². The molecule has 0 aromatic carbocycles. The van der Waals surface area contributed by atoms with Gasteiger partial charge in [0.2, 0.25) is 5.91 Å². The van der Waals surface area contributed by atoms with Crippen molar-refractivity contribution >= 4 is 28.9 Å². The van der Waals surface area contributed by atoms with Crippen LogP contribution in [0.5, 0.6) is 0 Å². The molecule has 1 aliphatic carbocycles. The first-order chi connectivity index (χ1) is 7.09. The molecule has 6 heteroatoms. The van der Waals surface area contributed by atoms with Gasteiger partial charge in [-0.15, -0.1) is 0 Å². The fourth-order valence-corrected chi connectivity index (χ4v) is 1.63. The lowest BCUT2D eigenvalue weighted by Gasteiger charge is -2.03. The van der Waals surface area contributed by atoms with Crippen molar-refractivity contribution in [2.75, 3.05) is 5.32 Å². The largest absolute Gasteiger partial charge is 0.389 e. The second-order valence-corrected chi connectivity index (χ2v) is 4.27. The molecule has 2 rings (SSSR count). The number of hydrogen-bond donors (Lipinski definition) is 3. The predicted molar refractivity (Wildman–Crippen MR) is 60.4 cm³/mol. The van der Waals surface area contributed by atoms with Crippen molar-refractivity contribution in [2.45, 2.75) is 13.3 Å². The first-order valence-corrected chi connectivity index (χ1v) is 5.14. The number of carbonyl (C=O) groups excluding carboxylic acids is 1. The molecule has 4 N–H and O–H groups in total. The number of rotatable bonds is 3. The number of hydrogen-bond acceptors (Lipinski definition) is 3. The highest BCUT2D eigenvalue weighted by Gasteiger charge is 2.39. The number of nitrogens with zero attached hydrogens (tertiary/aromatic N) is 1. The van der Waals surface area contributed by atoms with Gasteiger partial charge in [0.1, 0.15) is 10.8 Å². The molecule has 0 saturated heterocycles. The summed E-state index contributed by atoms with van der Waals surface area (Å²) in [5.74, 6) is 1.09. The molecule has 0 spiro atoms. The molecule has 1 aromatic heterocycles. The first-order valence-electron chi connectivity index (χ1n) is 4.73. The monoisotopic (exact) mass is 224 g/mol. The van der Waals surface area contributed by atoms with Crippen LogP contribution < -0.4 is 11.1 Å². The van der Waals surface area contributed by atoms with Crippen LogP contribution in [0, 0.1) is 11.8 Å². The van der Waals surface area contributed by atoms with E-state index in [1.165, 1.54) is 6.20 Å². The smallest absolute Gasteiger partial charge is 0.228 e. The molecule has 1 fully saturated rings. The number of H-pyrrole nitrogens is 1. The Morgan fingerprint density at radius 1 is 1.80 bits per heavy atom. The van der Waals surface area contributed by atoms with E-state index < -0.39 is 0 Å². The zero-order valence-electron chi connectivity index (χ0n) is 8.28. The van der Waals surface area contributed by atoms with Crippen LogP contribution in [0.2, 0.25) is 0 Å². The highest BCUT2D eigenvalue weighted by Crippen LogP contribution is 2.38. The highest BCUT2D eigenvalue weighted by atomic mass is 32.1. The summed E-state index contributed by atoms with van der Waals surface area (Å²) in [6.45, 7) is 2.05. The Kier molecular flexibility index (Phi) is 2.44. The molecule has 1 saturated carbocycles. The third-order valence-electron chi connectivity index (χ3n) is 2.60. The zero-order chi connectivity index (χ0) is 11.0. The summed E-state index contributed by atoms with van der Waals surface area (Å²) in [7, 11) is 0. The predicted octanol–water partition coefficient (Wildman–Crippen LogP) is 0.638. The van der Waals surface area contributed by atoms with Crippen molar-refractivity contribution in [1.82, 2.24) is 10.2 Å². The summed E-state index contributed by atoms with van der Waals surface area (Å²) in [6, 6.07) is 0. The fraction of sp³-hybridized carbons (Fsp3) is 0.444. The molecule has 1 aromatic rings. The molecule has 0 radical (unpaired) electrons. The maximum absolute atomic E-state index is 11.6. The van der Waals surface area contributed by atoms with Crippen molar-refractivity contribution in [1.29, 1.82) is 0 Å². The Morgan fingerprint density at radius 2 is 2.47 bits per heavy atom. The number of thiocarbonyl (C=S) groups is 1. The van der Waals surface area contributed by atoms with E-state index >= 15 is 0 Å². The third kappa shape index (κ3) is 1.99. The molecule has 1 amide bonds. The molecule has 5 nitrogen and oxygen atoms in total. The van der Waals surface area contributed by atoms with Crippen molar-refractivity contribution in [3.8, 4) is 0 Å². The van der Waals surface area contributed by atoms with Crippen molar-refractivity contribution in [3.63, 3.8) is 0 Å². The lowest BCUT2D eigenvalue weighted by molar-refractivity contribution is -0.117. The minimum Gasteiger partial charge on any atom is -0.389 e. The second-order valence-electron chi connectivity index (χ2n) is 3.83. The van der Waals surface area contributed by atoms with Crippen molar-refractivity contribution in [3.05, 3.63) is 11.8 Å². The molecule has 0 aliphatic heterocycles. The van der Waals surface area contributed by atoms with Crippen LogP contribution in [0.25, 0.3) is 0 Å². The van der Waals surface area contributed by atoms with E-state index in [0.29, 0.717) is 17.3 Å². The zero-order valence-corrected chi connectivity index (χ0v) is 9.10. The summed E-state index contributed by atoms with van der Waals surface area (Å²) < 4.78 is 0. The number of carbonyl (C=O) groups is 1. The van der Waals surface area contributed by atoms with Crippen LogP contribution >= 0.6 is 12.2 Å². The normalized spacial score (nSPS) is 23.5.